The number of rotatable bonds is 6. The summed E-state index contributed by atoms with van der Waals surface area (Å²) in [4.78, 5) is 12.3. The summed E-state index contributed by atoms with van der Waals surface area (Å²) in [6, 6.07) is 0. The van der Waals surface area contributed by atoms with Crippen LogP contribution in [0.2, 0.25) is 0 Å². The highest BCUT2D eigenvalue weighted by atomic mass is 79.9. The van der Waals surface area contributed by atoms with Gasteiger partial charge < -0.3 is 10.1 Å². The van der Waals surface area contributed by atoms with Gasteiger partial charge in [-0.3, -0.25) is 9.48 Å². The smallest absolute Gasteiger partial charge is 0.229 e. The predicted molar refractivity (Wildman–Crippen MR) is 86.4 cm³/mol. The number of hydrogen-bond donors (Lipinski definition) is 1. The van der Waals surface area contributed by atoms with Gasteiger partial charge in [0.25, 0.3) is 0 Å². The third-order valence-corrected chi connectivity index (χ3v) is 4.50. The van der Waals surface area contributed by atoms with Gasteiger partial charge in [0.1, 0.15) is 6.73 Å². The SMILES string of the molecule is COCn1cc(NC(=O)C(C)Cn2nc(C)c(Br)c2C)cn1. The molecule has 1 N–H and O–H groups in total. The molecule has 1 atom stereocenters. The van der Waals surface area contributed by atoms with E-state index in [1.165, 1.54) is 0 Å². The molecule has 0 aromatic carbocycles. The molecule has 1 unspecified atom stereocenters. The lowest BCUT2D eigenvalue weighted by Gasteiger charge is -2.12. The second kappa shape index (κ2) is 7.06. The first-order valence-electron chi connectivity index (χ1n) is 6.94. The Morgan fingerprint density at radius 1 is 1.50 bits per heavy atom. The van der Waals surface area contributed by atoms with Gasteiger partial charge in [0.05, 0.1) is 40.7 Å². The van der Waals surface area contributed by atoms with Crippen LogP contribution in [0.5, 0.6) is 0 Å². The minimum Gasteiger partial charge on any atom is -0.362 e. The molecular formula is C14H20BrN5O2. The summed E-state index contributed by atoms with van der Waals surface area (Å²) in [6.45, 7) is 6.66. The average molecular weight is 370 g/mol. The van der Waals surface area contributed by atoms with Crippen LogP contribution in [-0.4, -0.2) is 32.6 Å². The Hall–Kier alpha value is -1.67. The van der Waals surface area contributed by atoms with Crippen molar-refractivity contribution in [3.8, 4) is 0 Å². The minimum atomic E-state index is -0.212. The molecule has 2 aromatic heterocycles. The van der Waals surface area contributed by atoms with E-state index in [1.54, 1.807) is 24.2 Å². The highest BCUT2D eigenvalue weighted by Crippen LogP contribution is 2.20. The number of carbonyl (C=O) groups excluding carboxylic acids is 1. The average Bonchev–Trinajstić information content (AvgIpc) is 3.00. The Labute approximate surface area is 137 Å². The first kappa shape index (κ1) is 16.7. The molecule has 2 aromatic rings. The van der Waals surface area contributed by atoms with Gasteiger partial charge in [-0.15, -0.1) is 0 Å². The molecular weight excluding hydrogens is 350 g/mol. The maximum Gasteiger partial charge on any atom is 0.229 e. The zero-order valence-corrected chi connectivity index (χ0v) is 14.7. The van der Waals surface area contributed by atoms with E-state index in [2.05, 4.69) is 31.4 Å². The largest absolute Gasteiger partial charge is 0.362 e. The summed E-state index contributed by atoms with van der Waals surface area (Å²) in [5.41, 5.74) is 2.60. The molecule has 0 aliphatic rings. The van der Waals surface area contributed by atoms with Crippen LogP contribution in [0.15, 0.2) is 16.9 Å². The van der Waals surface area contributed by atoms with Crippen molar-refractivity contribution in [2.45, 2.75) is 34.0 Å². The number of nitrogens with one attached hydrogen (secondary N) is 1. The van der Waals surface area contributed by atoms with Crippen molar-refractivity contribution in [2.24, 2.45) is 5.92 Å². The van der Waals surface area contributed by atoms with Crippen LogP contribution >= 0.6 is 15.9 Å². The fourth-order valence-electron chi connectivity index (χ4n) is 2.09. The summed E-state index contributed by atoms with van der Waals surface area (Å²) in [7, 11) is 1.59. The van der Waals surface area contributed by atoms with E-state index in [9.17, 15) is 4.79 Å². The highest BCUT2D eigenvalue weighted by Gasteiger charge is 2.17. The first-order chi connectivity index (χ1) is 10.4. The molecule has 22 heavy (non-hydrogen) atoms. The molecule has 2 rings (SSSR count). The van der Waals surface area contributed by atoms with Gasteiger partial charge in [-0.25, -0.2) is 4.68 Å². The summed E-state index contributed by atoms with van der Waals surface area (Å²) in [5, 5.41) is 11.4. The Balaban J connectivity index is 1.97. The van der Waals surface area contributed by atoms with Crippen molar-refractivity contribution in [1.29, 1.82) is 0 Å². The van der Waals surface area contributed by atoms with Gasteiger partial charge >= 0.3 is 0 Å². The predicted octanol–water partition coefficient (Wildman–Crippen LogP) is 2.34. The maximum atomic E-state index is 12.3. The number of aromatic nitrogens is 4. The summed E-state index contributed by atoms with van der Waals surface area (Å²) >= 11 is 3.49. The lowest BCUT2D eigenvalue weighted by Crippen LogP contribution is -2.25. The zero-order valence-electron chi connectivity index (χ0n) is 13.1. The van der Waals surface area contributed by atoms with E-state index in [0.29, 0.717) is 19.0 Å². The van der Waals surface area contributed by atoms with Crippen LogP contribution in [0, 0.1) is 19.8 Å². The molecule has 120 valence electrons. The molecule has 8 heteroatoms. The number of nitrogens with zero attached hydrogens (tertiary/aromatic N) is 4. The molecule has 0 fully saturated rings. The molecule has 0 bridgehead atoms. The van der Waals surface area contributed by atoms with Gasteiger partial charge in [0, 0.05) is 12.8 Å². The fourth-order valence-corrected chi connectivity index (χ4v) is 2.38. The number of ether oxygens (including phenoxy) is 1. The van der Waals surface area contributed by atoms with Crippen molar-refractivity contribution in [2.75, 3.05) is 12.4 Å². The van der Waals surface area contributed by atoms with Gasteiger partial charge in [-0.05, 0) is 29.8 Å². The number of hydrogen-bond acceptors (Lipinski definition) is 4. The maximum absolute atomic E-state index is 12.3. The van der Waals surface area contributed by atoms with Crippen molar-refractivity contribution < 1.29 is 9.53 Å². The van der Waals surface area contributed by atoms with E-state index in [4.69, 9.17) is 4.74 Å². The van der Waals surface area contributed by atoms with E-state index in [1.807, 2.05) is 25.5 Å². The summed E-state index contributed by atoms with van der Waals surface area (Å²) < 4.78 is 9.41. The molecule has 2 heterocycles. The molecule has 1 amide bonds. The lowest BCUT2D eigenvalue weighted by atomic mass is 10.1. The third kappa shape index (κ3) is 3.75. The molecule has 0 aliphatic heterocycles. The number of carbonyl (C=O) groups is 1. The number of anilines is 1. The van der Waals surface area contributed by atoms with E-state index in [0.717, 1.165) is 15.9 Å². The van der Waals surface area contributed by atoms with Crippen molar-refractivity contribution in [1.82, 2.24) is 19.6 Å². The van der Waals surface area contributed by atoms with Crippen LogP contribution in [0.1, 0.15) is 18.3 Å². The molecule has 0 spiro atoms. The first-order valence-corrected chi connectivity index (χ1v) is 7.73. The van der Waals surface area contributed by atoms with Crippen LogP contribution in [0.25, 0.3) is 0 Å². The Morgan fingerprint density at radius 2 is 2.23 bits per heavy atom. The lowest BCUT2D eigenvalue weighted by molar-refractivity contribution is -0.119. The van der Waals surface area contributed by atoms with Crippen LogP contribution in [-0.2, 0) is 22.8 Å². The normalized spacial score (nSPS) is 12.4. The van der Waals surface area contributed by atoms with Gasteiger partial charge in [0.2, 0.25) is 5.91 Å². The number of aryl methyl sites for hydroxylation is 1. The minimum absolute atomic E-state index is 0.0688. The van der Waals surface area contributed by atoms with Gasteiger partial charge in [0.15, 0.2) is 0 Å². The number of amides is 1. The third-order valence-electron chi connectivity index (χ3n) is 3.35. The Kier molecular flexibility index (Phi) is 5.36. The van der Waals surface area contributed by atoms with Crippen molar-refractivity contribution >= 4 is 27.5 Å². The highest BCUT2D eigenvalue weighted by molar-refractivity contribution is 9.10. The Bertz CT molecular complexity index is 664. The summed E-state index contributed by atoms with van der Waals surface area (Å²) in [5.74, 6) is -0.281. The van der Waals surface area contributed by atoms with Crippen LogP contribution in [0.4, 0.5) is 5.69 Å². The molecule has 0 saturated carbocycles. The monoisotopic (exact) mass is 369 g/mol. The quantitative estimate of drug-likeness (QED) is 0.847. The second-order valence-corrected chi connectivity index (χ2v) is 6.04. The number of methoxy groups -OCH3 is 1. The fraction of sp³-hybridized carbons (Fsp3) is 0.500. The van der Waals surface area contributed by atoms with Crippen molar-refractivity contribution in [3.05, 3.63) is 28.3 Å². The van der Waals surface area contributed by atoms with E-state index in [-0.39, 0.29) is 11.8 Å². The van der Waals surface area contributed by atoms with Crippen LogP contribution < -0.4 is 5.32 Å². The molecule has 0 radical (unpaired) electrons. The standard InChI is InChI=1S/C14H20BrN5O2/c1-9(6-20-11(3)13(15)10(2)18-20)14(21)17-12-5-16-19(7-12)8-22-4/h5,7,9H,6,8H2,1-4H3,(H,17,21). The zero-order chi connectivity index (χ0) is 16.3. The Morgan fingerprint density at radius 3 is 2.82 bits per heavy atom. The summed E-state index contributed by atoms with van der Waals surface area (Å²) in [6.07, 6.45) is 3.33. The molecule has 0 saturated heterocycles. The topological polar surface area (TPSA) is 74.0 Å². The van der Waals surface area contributed by atoms with Crippen LogP contribution in [0.3, 0.4) is 0 Å². The molecule has 0 aliphatic carbocycles. The van der Waals surface area contributed by atoms with Gasteiger partial charge in [-0.1, -0.05) is 6.92 Å². The van der Waals surface area contributed by atoms with Gasteiger partial charge in [-0.2, -0.15) is 10.2 Å². The van der Waals surface area contributed by atoms with E-state index >= 15 is 0 Å². The number of halogens is 1. The van der Waals surface area contributed by atoms with Crippen molar-refractivity contribution in [3.63, 3.8) is 0 Å². The second-order valence-electron chi connectivity index (χ2n) is 5.24. The van der Waals surface area contributed by atoms with E-state index < -0.39 is 0 Å². The molecule has 7 nitrogen and oxygen atoms in total.